The molecule has 0 amide bonds. The van der Waals surface area contributed by atoms with E-state index in [1.54, 1.807) is 0 Å². The number of benzene rings is 2. The lowest BCUT2D eigenvalue weighted by atomic mass is 10.1. The molecule has 2 heterocycles. The predicted octanol–water partition coefficient (Wildman–Crippen LogP) is 5.50. The van der Waals surface area contributed by atoms with Gasteiger partial charge in [0.1, 0.15) is 0 Å². The summed E-state index contributed by atoms with van der Waals surface area (Å²) in [6, 6.07) is 12.7. The zero-order valence-corrected chi connectivity index (χ0v) is 19.1. The van der Waals surface area contributed by atoms with Crippen LogP contribution in [0.15, 0.2) is 58.8 Å². The molecule has 0 saturated carbocycles. The Kier molecular flexibility index (Phi) is 6.31. The lowest BCUT2D eigenvalue weighted by Crippen LogP contribution is -2.39. The Hall–Kier alpha value is -2.39. The van der Waals surface area contributed by atoms with Crippen molar-refractivity contribution in [1.82, 2.24) is 4.98 Å². The largest absolute Gasteiger partial charge is 0.417 e. The fourth-order valence-electron chi connectivity index (χ4n) is 3.92. The van der Waals surface area contributed by atoms with Crippen LogP contribution in [-0.4, -0.2) is 31.7 Å². The van der Waals surface area contributed by atoms with Gasteiger partial charge in [0, 0.05) is 24.9 Å². The van der Waals surface area contributed by atoms with Crippen LogP contribution in [-0.2, 0) is 22.4 Å². The highest BCUT2D eigenvalue weighted by molar-refractivity contribution is 7.92. The number of aromatic nitrogens is 1. The van der Waals surface area contributed by atoms with Gasteiger partial charge in [-0.05, 0) is 37.5 Å². The number of rotatable bonds is 5. The van der Waals surface area contributed by atoms with E-state index in [-0.39, 0.29) is 12.8 Å². The number of aryl methyl sites for hydroxylation is 1. The Labute approximate surface area is 189 Å². The van der Waals surface area contributed by atoms with Gasteiger partial charge in [-0.25, -0.2) is 13.4 Å². The molecule has 0 N–H and O–H groups in total. The Morgan fingerprint density at radius 1 is 1.06 bits per heavy atom. The lowest BCUT2D eigenvalue weighted by molar-refractivity contribution is -0.139. The van der Waals surface area contributed by atoms with Crippen molar-refractivity contribution in [1.29, 1.82) is 0 Å². The number of nitrogens with zero attached hydrogens (tertiary/aromatic N) is 2. The first-order valence-electron chi connectivity index (χ1n) is 10.3. The molecule has 170 valence electrons. The van der Waals surface area contributed by atoms with Gasteiger partial charge in [-0.1, -0.05) is 42.0 Å². The van der Waals surface area contributed by atoms with Crippen LogP contribution < -0.4 is 4.90 Å². The molecule has 0 aliphatic carbocycles. The number of thiazole rings is 1. The maximum atomic E-state index is 13.3. The van der Waals surface area contributed by atoms with E-state index in [1.807, 2.05) is 17.2 Å². The van der Waals surface area contributed by atoms with Gasteiger partial charge in [0.25, 0.3) is 0 Å². The third kappa shape index (κ3) is 4.83. The molecule has 0 atom stereocenters. The highest BCUT2D eigenvalue weighted by Gasteiger charge is 2.40. The van der Waals surface area contributed by atoms with Gasteiger partial charge in [-0.3, -0.25) is 0 Å². The summed E-state index contributed by atoms with van der Waals surface area (Å²) in [6.07, 6.45) is -3.46. The number of hydrogen-bond acceptors (Lipinski definition) is 5. The maximum absolute atomic E-state index is 13.3. The summed E-state index contributed by atoms with van der Waals surface area (Å²) >= 11 is 1.51. The van der Waals surface area contributed by atoms with Crippen LogP contribution in [0.4, 0.5) is 18.3 Å². The quantitative estimate of drug-likeness (QED) is 0.484. The van der Waals surface area contributed by atoms with E-state index in [0.717, 1.165) is 29.4 Å². The SMILES string of the molecule is Cc1ccc(Cc2csc(N3CCC(S(=O)(=O)c4ccccc4C(F)(F)F)CC3)n2)cc1. The van der Waals surface area contributed by atoms with E-state index >= 15 is 0 Å². The molecule has 0 unspecified atom stereocenters. The van der Waals surface area contributed by atoms with E-state index in [0.29, 0.717) is 13.1 Å². The highest BCUT2D eigenvalue weighted by atomic mass is 32.2. The summed E-state index contributed by atoms with van der Waals surface area (Å²) in [5.74, 6) is 0. The lowest BCUT2D eigenvalue weighted by Gasteiger charge is -2.31. The van der Waals surface area contributed by atoms with E-state index in [9.17, 15) is 21.6 Å². The topological polar surface area (TPSA) is 50.3 Å². The minimum Gasteiger partial charge on any atom is -0.348 e. The molecule has 9 heteroatoms. The van der Waals surface area contributed by atoms with Crippen molar-refractivity contribution in [3.05, 3.63) is 76.3 Å². The minimum absolute atomic E-state index is 0.265. The number of sulfone groups is 1. The molecule has 1 fully saturated rings. The molecule has 4 rings (SSSR count). The normalized spacial score (nSPS) is 15.8. The summed E-state index contributed by atoms with van der Waals surface area (Å²) in [5.41, 5.74) is 2.22. The molecule has 0 radical (unpaired) electrons. The van der Waals surface area contributed by atoms with Crippen LogP contribution in [0.3, 0.4) is 0 Å². The second-order valence-electron chi connectivity index (χ2n) is 8.01. The molecule has 1 aromatic heterocycles. The molecule has 0 spiro atoms. The van der Waals surface area contributed by atoms with Gasteiger partial charge in [-0.2, -0.15) is 13.2 Å². The van der Waals surface area contributed by atoms with Crippen LogP contribution >= 0.6 is 11.3 Å². The van der Waals surface area contributed by atoms with Crippen LogP contribution in [0.2, 0.25) is 0 Å². The number of anilines is 1. The summed E-state index contributed by atoms with van der Waals surface area (Å²) in [4.78, 5) is 6.08. The van der Waals surface area contributed by atoms with Crippen LogP contribution in [0.25, 0.3) is 0 Å². The third-order valence-corrected chi connectivity index (χ3v) is 8.96. The highest BCUT2D eigenvalue weighted by Crippen LogP contribution is 2.37. The molecule has 1 aliphatic heterocycles. The van der Waals surface area contributed by atoms with E-state index in [1.165, 1.54) is 34.6 Å². The van der Waals surface area contributed by atoms with Crippen molar-refractivity contribution < 1.29 is 21.6 Å². The van der Waals surface area contributed by atoms with Gasteiger partial charge in [0.05, 0.1) is 21.4 Å². The zero-order valence-electron chi connectivity index (χ0n) is 17.5. The predicted molar refractivity (Wildman–Crippen MR) is 120 cm³/mol. The molecule has 0 bridgehead atoms. The summed E-state index contributed by atoms with van der Waals surface area (Å²) in [6.45, 7) is 2.92. The van der Waals surface area contributed by atoms with Crippen LogP contribution in [0.1, 0.15) is 35.2 Å². The van der Waals surface area contributed by atoms with E-state index in [4.69, 9.17) is 0 Å². The van der Waals surface area contributed by atoms with Gasteiger partial charge in [0.15, 0.2) is 15.0 Å². The second-order valence-corrected chi connectivity index (χ2v) is 11.0. The van der Waals surface area contributed by atoms with Crippen LogP contribution in [0, 0.1) is 6.92 Å². The van der Waals surface area contributed by atoms with E-state index < -0.39 is 31.7 Å². The molecule has 1 saturated heterocycles. The smallest absolute Gasteiger partial charge is 0.348 e. The minimum atomic E-state index is -4.71. The molecular formula is C23H23F3N2O2S2. The first kappa shape index (κ1) is 22.8. The Morgan fingerprint density at radius 2 is 1.72 bits per heavy atom. The van der Waals surface area contributed by atoms with Crippen molar-refractivity contribution >= 4 is 26.3 Å². The Bertz CT molecular complexity index is 1180. The van der Waals surface area contributed by atoms with Gasteiger partial charge in [0.2, 0.25) is 0 Å². The average molecular weight is 481 g/mol. The molecule has 32 heavy (non-hydrogen) atoms. The van der Waals surface area contributed by atoms with Crippen molar-refractivity contribution in [2.45, 2.75) is 42.5 Å². The van der Waals surface area contributed by atoms with Crippen molar-refractivity contribution in [2.75, 3.05) is 18.0 Å². The second kappa shape index (κ2) is 8.86. The zero-order chi connectivity index (χ0) is 22.9. The fraction of sp³-hybridized carbons (Fsp3) is 0.348. The van der Waals surface area contributed by atoms with Crippen molar-refractivity contribution in [3.63, 3.8) is 0 Å². The van der Waals surface area contributed by atoms with Gasteiger partial charge in [-0.15, -0.1) is 11.3 Å². The Balaban J connectivity index is 1.44. The first-order chi connectivity index (χ1) is 15.1. The van der Waals surface area contributed by atoms with Crippen molar-refractivity contribution in [2.24, 2.45) is 0 Å². The monoisotopic (exact) mass is 480 g/mol. The summed E-state index contributed by atoms with van der Waals surface area (Å²) in [7, 11) is -4.08. The standard InChI is InChI=1S/C23H23F3N2O2S2/c1-16-6-8-17(9-7-16)14-18-15-31-22(27-18)28-12-10-19(11-13-28)32(29,30)21-5-3-2-4-20(21)23(24,25)26/h2-9,15,19H,10-14H2,1H3. The molecule has 3 aromatic rings. The number of alkyl halides is 3. The first-order valence-corrected chi connectivity index (χ1v) is 12.7. The number of halogens is 3. The molecular weight excluding hydrogens is 457 g/mol. The van der Waals surface area contributed by atoms with Crippen molar-refractivity contribution in [3.8, 4) is 0 Å². The van der Waals surface area contributed by atoms with Crippen LogP contribution in [0.5, 0.6) is 0 Å². The number of piperidine rings is 1. The maximum Gasteiger partial charge on any atom is 0.417 e. The average Bonchev–Trinajstić information content (AvgIpc) is 3.23. The molecule has 4 nitrogen and oxygen atoms in total. The Morgan fingerprint density at radius 3 is 2.38 bits per heavy atom. The molecule has 2 aromatic carbocycles. The van der Waals surface area contributed by atoms with Gasteiger partial charge < -0.3 is 4.90 Å². The number of hydrogen-bond donors (Lipinski definition) is 0. The van der Waals surface area contributed by atoms with E-state index in [2.05, 4.69) is 29.2 Å². The van der Waals surface area contributed by atoms with Gasteiger partial charge >= 0.3 is 6.18 Å². The summed E-state index contributed by atoms with van der Waals surface area (Å²) < 4.78 is 66.0. The fourth-order valence-corrected chi connectivity index (χ4v) is 6.75. The third-order valence-electron chi connectivity index (χ3n) is 5.70. The molecule has 1 aliphatic rings. The summed E-state index contributed by atoms with van der Waals surface area (Å²) in [5, 5.41) is 1.98.